The highest BCUT2D eigenvalue weighted by molar-refractivity contribution is 5.96. The van der Waals surface area contributed by atoms with E-state index < -0.39 is 6.04 Å². The van der Waals surface area contributed by atoms with Gasteiger partial charge in [-0.3, -0.25) is 9.59 Å². The third-order valence-corrected chi connectivity index (χ3v) is 3.10. The van der Waals surface area contributed by atoms with E-state index in [1.54, 1.807) is 6.92 Å². The number of hydrogen-bond acceptors (Lipinski definition) is 5. The van der Waals surface area contributed by atoms with E-state index in [9.17, 15) is 9.59 Å². The molecule has 1 atom stereocenters. The van der Waals surface area contributed by atoms with Crippen LogP contribution in [0.3, 0.4) is 0 Å². The molecule has 1 saturated heterocycles. The zero-order chi connectivity index (χ0) is 13.8. The lowest BCUT2D eigenvalue weighted by Crippen LogP contribution is -2.59. The van der Waals surface area contributed by atoms with Crippen molar-refractivity contribution in [2.45, 2.75) is 19.9 Å². The number of hydrogen-bond donors (Lipinski definition) is 2. The van der Waals surface area contributed by atoms with E-state index in [1.807, 2.05) is 6.92 Å². The molecule has 0 aliphatic carbocycles. The van der Waals surface area contributed by atoms with Gasteiger partial charge in [-0.1, -0.05) is 5.16 Å². The minimum absolute atomic E-state index is 0.153. The summed E-state index contributed by atoms with van der Waals surface area (Å²) in [7, 11) is 0. The summed E-state index contributed by atoms with van der Waals surface area (Å²) < 4.78 is 4.97. The molecule has 0 aromatic carbocycles. The summed E-state index contributed by atoms with van der Waals surface area (Å²) in [5, 5.41) is 9.46. The van der Waals surface area contributed by atoms with E-state index in [-0.39, 0.29) is 17.6 Å². The number of rotatable bonds is 3. The molecule has 2 heterocycles. The van der Waals surface area contributed by atoms with Gasteiger partial charge in [-0.2, -0.15) is 0 Å². The average Bonchev–Trinajstić information content (AvgIpc) is 2.84. The molecule has 1 unspecified atom stereocenters. The Labute approximate surface area is 111 Å². The lowest BCUT2D eigenvalue weighted by atomic mass is 10.1. The van der Waals surface area contributed by atoms with Gasteiger partial charge in [0, 0.05) is 31.7 Å². The number of aromatic nitrogens is 1. The van der Waals surface area contributed by atoms with Gasteiger partial charge in [0.15, 0.2) is 0 Å². The highest BCUT2D eigenvalue weighted by Gasteiger charge is 2.34. The molecule has 1 aliphatic rings. The normalized spacial score (nSPS) is 19.3. The second kappa shape index (κ2) is 5.83. The molecule has 2 rings (SSSR count). The fourth-order valence-electron chi connectivity index (χ4n) is 2.10. The van der Waals surface area contributed by atoms with Crippen LogP contribution >= 0.6 is 0 Å². The Kier molecular flexibility index (Phi) is 4.16. The summed E-state index contributed by atoms with van der Waals surface area (Å²) >= 11 is 0. The number of aryl methyl sites for hydroxylation is 1. The summed E-state index contributed by atoms with van der Waals surface area (Å²) in [5.74, 6) is -0.232. The van der Waals surface area contributed by atoms with E-state index in [0.29, 0.717) is 31.7 Å². The van der Waals surface area contributed by atoms with E-state index in [4.69, 9.17) is 4.52 Å². The van der Waals surface area contributed by atoms with Crippen molar-refractivity contribution in [3.8, 4) is 0 Å². The van der Waals surface area contributed by atoms with Crippen LogP contribution in [0, 0.1) is 6.92 Å². The molecule has 19 heavy (non-hydrogen) atoms. The van der Waals surface area contributed by atoms with Crippen molar-refractivity contribution in [3.05, 3.63) is 17.5 Å². The summed E-state index contributed by atoms with van der Waals surface area (Å²) in [5.41, 5.74) is 0.679. The maximum atomic E-state index is 12.4. The minimum Gasteiger partial charge on any atom is -0.355 e. The number of amides is 2. The summed E-state index contributed by atoms with van der Waals surface area (Å²) in [6, 6.07) is -0.509. The lowest BCUT2D eigenvalue weighted by molar-refractivity contribution is -0.126. The first kappa shape index (κ1) is 13.5. The monoisotopic (exact) mass is 266 g/mol. The first-order valence-electron chi connectivity index (χ1n) is 6.35. The van der Waals surface area contributed by atoms with Gasteiger partial charge >= 0.3 is 0 Å². The standard InChI is InChI=1S/C12H18N4O3/c1-3-14-11(17)9-7-13-4-5-16(9)12(18)10-8(2)6-15-19-10/h6,9,13H,3-5,7H2,1-2H3,(H,14,17). The Morgan fingerprint density at radius 2 is 2.42 bits per heavy atom. The van der Waals surface area contributed by atoms with Crippen LogP contribution in [0.2, 0.25) is 0 Å². The number of carbonyl (C=O) groups is 2. The molecule has 1 aromatic rings. The Bertz CT molecular complexity index is 471. The largest absolute Gasteiger partial charge is 0.355 e. The third kappa shape index (κ3) is 2.76. The van der Waals surface area contributed by atoms with E-state index >= 15 is 0 Å². The van der Waals surface area contributed by atoms with E-state index in [2.05, 4.69) is 15.8 Å². The fourth-order valence-corrected chi connectivity index (χ4v) is 2.10. The lowest BCUT2D eigenvalue weighted by Gasteiger charge is -2.34. The zero-order valence-corrected chi connectivity index (χ0v) is 11.1. The van der Waals surface area contributed by atoms with Crippen LogP contribution in [0.1, 0.15) is 23.0 Å². The second-order valence-corrected chi connectivity index (χ2v) is 4.45. The van der Waals surface area contributed by atoms with Crippen LogP contribution in [0.15, 0.2) is 10.7 Å². The molecule has 0 spiro atoms. The van der Waals surface area contributed by atoms with Crippen LogP contribution in [-0.2, 0) is 4.79 Å². The molecule has 1 aromatic heterocycles. The Morgan fingerprint density at radius 3 is 3.05 bits per heavy atom. The summed E-state index contributed by atoms with van der Waals surface area (Å²) in [6.45, 7) is 5.73. The van der Waals surface area contributed by atoms with Gasteiger partial charge in [0.2, 0.25) is 11.7 Å². The molecule has 104 valence electrons. The van der Waals surface area contributed by atoms with E-state index in [1.165, 1.54) is 11.1 Å². The smallest absolute Gasteiger partial charge is 0.293 e. The van der Waals surface area contributed by atoms with Gasteiger partial charge in [-0.05, 0) is 13.8 Å². The maximum Gasteiger partial charge on any atom is 0.293 e. The molecular formula is C12H18N4O3. The van der Waals surface area contributed by atoms with Crippen molar-refractivity contribution >= 4 is 11.8 Å². The quantitative estimate of drug-likeness (QED) is 0.772. The number of carbonyl (C=O) groups excluding carboxylic acids is 2. The van der Waals surface area contributed by atoms with Crippen LogP contribution in [-0.4, -0.2) is 54.1 Å². The summed E-state index contributed by atoms with van der Waals surface area (Å²) in [6.07, 6.45) is 1.50. The van der Waals surface area contributed by atoms with Crippen molar-refractivity contribution in [3.63, 3.8) is 0 Å². The second-order valence-electron chi connectivity index (χ2n) is 4.45. The first-order valence-corrected chi connectivity index (χ1v) is 6.35. The van der Waals surface area contributed by atoms with Gasteiger partial charge < -0.3 is 20.1 Å². The fraction of sp³-hybridized carbons (Fsp3) is 0.583. The first-order chi connectivity index (χ1) is 9.15. The highest BCUT2D eigenvalue weighted by atomic mass is 16.5. The van der Waals surface area contributed by atoms with Gasteiger partial charge in [0.1, 0.15) is 6.04 Å². The van der Waals surface area contributed by atoms with Crippen LogP contribution in [0.5, 0.6) is 0 Å². The van der Waals surface area contributed by atoms with Crippen LogP contribution in [0.25, 0.3) is 0 Å². The number of likely N-dealkylation sites (N-methyl/N-ethyl adjacent to an activating group) is 1. The number of nitrogens with one attached hydrogen (secondary N) is 2. The summed E-state index contributed by atoms with van der Waals surface area (Å²) in [4.78, 5) is 25.9. The molecule has 7 heteroatoms. The minimum atomic E-state index is -0.509. The predicted octanol–water partition coefficient (Wildman–Crippen LogP) is -0.467. The molecule has 2 amide bonds. The van der Waals surface area contributed by atoms with Crippen LogP contribution < -0.4 is 10.6 Å². The van der Waals surface area contributed by atoms with Crippen molar-refractivity contribution in [2.24, 2.45) is 0 Å². The average molecular weight is 266 g/mol. The predicted molar refractivity (Wildman–Crippen MR) is 67.6 cm³/mol. The molecule has 0 saturated carbocycles. The van der Waals surface area contributed by atoms with Gasteiger partial charge in [0.25, 0.3) is 5.91 Å². The topological polar surface area (TPSA) is 87.5 Å². The molecule has 2 N–H and O–H groups in total. The Balaban J connectivity index is 2.18. The van der Waals surface area contributed by atoms with Crippen molar-refractivity contribution < 1.29 is 14.1 Å². The number of nitrogens with zero attached hydrogens (tertiary/aromatic N) is 2. The molecular weight excluding hydrogens is 248 g/mol. The van der Waals surface area contributed by atoms with Crippen molar-refractivity contribution in [1.29, 1.82) is 0 Å². The van der Waals surface area contributed by atoms with Crippen LogP contribution in [0.4, 0.5) is 0 Å². The van der Waals surface area contributed by atoms with Gasteiger partial charge in [0.05, 0.1) is 6.20 Å². The Hall–Kier alpha value is -1.89. The van der Waals surface area contributed by atoms with Crippen molar-refractivity contribution in [2.75, 3.05) is 26.2 Å². The van der Waals surface area contributed by atoms with E-state index in [0.717, 1.165) is 0 Å². The van der Waals surface area contributed by atoms with Gasteiger partial charge in [-0.25, -0.2) is 0 Å². The SMILES string of the molecule is CCNC(=O)C1CNCCN1C(=O)c1oncc1C. The molecule has 1 fully saturated rings. The maximum absolute atomic E-state index is 12.4. The Morgan fingerprint density at radius 1 is 1.63 bits per heavy atom. The van der Waals surface area contributed by atoms with Crippen molar-refractivity contribution in [1.82, 2.24) is 20.7 Å². The van der Waals surface area contributed by atoms with Gasteiger partial charge in [-0.15, -0.1) is 0 Å². The third-order valence-electron chi connectivity index (χ3n) is 3.10. The molecule has 7 nitrogen and oxygen atoms in total. The number of piperazine rings is 1. The highest BCUT2D eigenvalue weighted by Crippen LogP contribution is 2.14. The zero-order valence-electron chi connectivity index (χ0n) is 11.1. The molecule has 1 aliphatic heterocycles. The molecule has 0 bridgehead atoms. The molecule has 0 radical (unpaired) electrons.